The summed E-state index contributed by atoms with van der Waals surface area (Å²) >= 11 is 0. The molecule has 4 aromatic carbocycles. The van der Waals surface area contributed by atoms with Crippen LogP contribution in [0.1, 0.15) is 11.1 Å². The minimum atomic E-state index is -1.96. The quantitative estimate of drug-likeness (QED) is 0.0616. The Balaban J connectivity index is 1.84. The Bertz CT molecular complexity index is 2420. The Kier molecular flexibility index (Phi) is 5.48. The van der Waals surface area contributed by atoms with Gasteiger partial charge in [0.1, 0.15) is 89.5 Å². The summed E-state index contributed by atoms with van der Waals surface area (Å²) in [6.07, 6.45) is 0. The number of nitrogens with zero attached hydrogens (tertiary/aromatic N) is 9. The van der Waals surface area contributed by atoms with E-state index < -0.39 is 135 Å². The summed E-state index contributed by atoms with van der Waals surface area (Å²) in [6.45, 7) is 6.99. The van der Waals surface area contributed by atoms with Crippen LogP contribution in [0.25, 0.3) is 71.0 Å². The molecule has 0 amide bonds. The van der Waals surface area contributed by atoms with Crippen LogP contribution in [0.5, 0.6) is 0 Å². The van der Waals surface area contributed by atoms with E-state index in [-0.39, 0.29) is 0 Å². The third-order valence-corrected chi connectivity index (χ3v) is 6.82. The zero-order valence-corrected chi connectivity index (χ0v) is 20.9. The molecule has 0 N–H and O–H groups in total. The molecule has 7 rings (SSSR count). The highest BCUT2D eigenvalue weighted by atomic mass is 19.2. The van der Waals surface area contributed by atoms with Crippen molar-refractivity contribution in [2.75, 3.05) is 0 Å². The number of nitriles is 2. The molecule has 0 aliphatic heterocycles. The van der Waals surface area contributed by atoms with E-state index in [0.29, 0.717) is 0 Å². The van der Waals surface area contributed by atoms with Crippen molar-refractivity contribution in [3.05, 3.63) is 74.9 Å². The molecule has 7 aromatic rings. The molecule has 0 atom stereocenters. The van der Waals surface area contributed by atoms with E-state index in [0.717, 1.165) is 12.1 Å². The van der Waals surface area contributed by atoms with Gasteiger partial charge in [0.05, 0.1) is 6.57 Å². The van der Waals surface area contributed by atoms with Gasteiger partial charge in [-0.2, -0.15) is 10.5 Å². The van der Waals surface area contributed by atoms with Gasteiger partial charge in [-0.15, -0.1) is 0 Å². The van der Waals surface area contributed by atoms with Gasteiger partial charge < -0.3 is 0 Å². The molecule has 3 heterocycles. The second-order valence-electron chi connectivity index (χ2n) is 9.11. The van der Waals surface area contributed by atoms with Gasteiger partial charge in [0.2, 0.25) is 0 Å². The smallest absolute Gasteiger partial charge is 0.240 e. The Morgan fingerprint density at radius 3 is 0.933 bits per heavy atom. The van der Waals surface area contributed by atoms with Crippen LogP contribution in [0, 0.1) is 81.6 Å². The van der Waals surface area contributed by atoms with Gasteiger partial charge in [0.15, 0.2) is 52.4 Å². The Morgan fingerprint density at radius 2 is 0.644 bits per heavy atom. The van der Waals surface area contributed by atoms with Crippen LogP contribution >= 0.6 is 0 Å². The monoisotopic (exact) mass is 621 g/mol. The average Bonchev–Trinajstić information content (AvgIpc) is 3.04. The SMILES string of the molecule is [C-]#[N+]c1c(F)c(F)c2nc3c4nc5c(F)c(C#N)c(F)c(F)c5nc4c4nc5c(F)c(C#N)c(F)c(F)c5nc4c3nc2c1F. The van der Waals surface area contributed by atoms with Crippen LogP contribution < -0.4 is 0 Å². The standard InChI is InChI=1S/C27F9N9/c1-39-15-12(34)13(35)20-21(14(15)36)45-27-25-22(40-17-9(31)5(3-38)7(29)11(33)19(17)43-25)24-23(26(27)44-20)41-16-8(30)4(2-37)6(28)10(32)18(16)42-24. The lowest BCUT2D eigenvalue weighted by Crippen LogP contribution is -2.06. The first-order valence-electron chi connectivity index (χ1n) is 11.8. The summed E-state index contributed by atoms with van der Waals surface area (Å²) in [6, 6.07) is 2.23. The van der Waals surface area contributed by atoms with Crippen molar-refractivity contribution in [1.29, 1.82) is 10.5 Å². The molecule has 0 unspecified atom stereocenters. The van der Waals surface area contributed by atoms with E-state index >= 15 is 17.6 Å². The number of aromatic nitrogens is 6. The maximum absolute atomic E-state index is 15.2. The van der Waals surface area contributed by atoms with Crippen molar-refractivity contribution in [3.63, 3.8) is 0 Å². The molecule has 0 aliphatic carbocycles. The highest BCUT2D eigenvalue weighted by Gasteiger charge is 2.30. The summed E-state index contributed by atoms with van der Waals surface area (Å²) in [5, 5.41) is 18.3. The molecular formula is C27F9N9. The molecule has 0 spiro atoms. The third kappa shape index (κ3) is 3.31. The lowest BCUT2D eigenvalue weighted by atomic mass is 10.1. The lowest BCUT2D eigenvalue weighted by molar-refractivity contribution is 0.500. The van der Waals surface area contributed by atoms with Gasteiger partial charge in [0.25, 0.3) is 5.69 Å². The van der Waals surface area contributed by atoms with E-state index in [1.165, 1.54) is 0 Å². The fourth-order valence-electron chi connectivity index (χ4n) is 4.78. The number of halogens is 9. The number of hydrogen-bond donors (Lipinski definition) is 0. The van der Waals surface area contributed by atoms with Crippen molar-refractivity contribution in [3.8, 4) is 12.1 Å². The third-order valence-electron chi connectivity index (χ3n) is 6.82. The molecule has 0 saturated carbocycles. The van der Waals surface area contributed by atoms with Crippen LogP contribution in [0.3, 0.4) is 0 Å². The van der Waals surface area contributed by atoms with Crippen molar-refractivity contribution >= 4 is 71.9 Å². The topological polar surface area (TPSA) is 129 Å². The maximum Gasteiger partial charge on any atom is 0.262 e. The summed E-state index contributed by atoms with van der Waals surface area (Å²) in [5.41, 5.74) is -15.3. The van der Waals surface area contributed by atoms with Gasteiger partial charge in [-0.3, -0.25) is 0 Å². The van der Waals surface area contributed by atoms with E-state index in [2.05, 4.69) is 34.7 Å². The predicted octanol–water partition coefficient (Wildman–Crippen LogP) is 6.52. The summed E-state index contributed by atoms with van der Waals surface area (Å²) < 4.78 is 134. The highest BCUT2D eigenvalue weighted by Crippen LogP contribution is 2.38. The van der Waals surface area contributed by atoms with Crippen molar-refractivity contribution in [2.45, 2.75) is 0 Å². The molecule has 0 fully saturated rings. The average molecular weight is 621 g/mol. The molecular weight excluding hydrogens is 621 g/mol. The second kappa shape index (κ2) is 9.01. The van der Waals surface area contributed by atoms with Crippen molar-refractivity contribution < 1.29 is 39.5 Å². The first-order chi connectivity index (χ1) is 21.4. The summed E-state index contributed by atoms with van der Waals surface area (Å²) in [4.78, 5) is 25.5. The molecule has 45 heavy (non-hydrogen) atoms. The molecule has 0 aliphatic rings. The zero-order valence-electron chi connectivity index (χ0n) is 20.9. The zero-order chi connectivity index (χ0) is 32.2. The molecule has 0 bridgehead atoms. The fourth-order valence-corrected chi connectivity index (χ4v) is 4.78. The largest absolute Gasteiger partial charge is 0.262 e. The molecule has 0 saturated heterocycles. The van der Waals surface area contributed by atoms with E-state index in [4.69, 9.17) is 17.1 Å². The van der Waals surface area contributed by atoms with Gasteiger partial charge in [-0.05, 0) is 0 Å². The van der Waals surface area contributed by atoms with Crippen LogP contribution in [-0.4, -0.2) is 29.9 Å². The molecule has 9 nitrogen and oxygen atoms in total. The van der Waals surface area contributed by atoms with Gasteiger partial charge in [-0.1, -0.05) is 0 Å². The van der Waals surface area contributed by atoms with E-state index in [9.17, 15) is 22.0 Å². The van der Waals surface area contributed by atoms with Crippen molar-refractivity contribution in [2.24, 2.45) is 0 Å². The number of hydrogen-bond acceptors (Lipinski definition) is 8. The Hall–Kier alpha value is -6.48. The molecule has 18 heteroatoms. The minimum Gasteiger partial charge on any atom is -0.240 e. The maximum atomic E-state index is 15.2. The Morgan fingerprint density at radius 1 is 0.378 bits per heavy atom. The molecule has 3 aromatic heterocycles. The number of fused-ring (bicyclic) bond motifs is 9. The normalized spacial score (nSPS) is 11.6. The van der Waals surface area contributed by atoms with Crippen LogP contribution in [0.2, 0.25) is 0 Å². The van der Waals surface area contributed by atoms with Gasteiger partial charge >= 0.3 is 0 Å². The van der Waals surface area contributed by atoms with Gasteiger partial charge in [-0.25, -0.2) is 74.3 Å². The molecule has 0 radical (unpaired) electrons. The summed E-state index contributed by atoms with van der Waals surface area (Å²) in [7, 11) is 0. The van der Waals surface area contributed by atoms with Gasteiger partial charge in [0, 0.05) is 0 Å². The predicted molar refractivity (Wildman–Crippen MR) is 134 cm³/mol. The Labute approximate surface area is 239 Å². The van der Waals surface area contributed by atoms with Crippen LogP contribution in [0.4, 0.5) is 45.2 Å². The molecule has 216 valence electrons. The highest BCUT2D eigenvalue weighted by molar-refractivity contribution is 6.21. The summed E-state index contributed by atoms with van der Waals surface area (Å²) in [5.74, 6) is -16.6. The number of rotatable bonds is 0. The first-order valence-corrected chi connectivity index (χ1v) is 11.8. The van der Waals surface area contributed by atoms with Crippen molar-refractivity contribution in [1.82, 2.24) is 29.9 Å². The van der Waals surface area contributed by atoms with E-state index in [1.54, 1.807) is 0 Å². The second-order valence-corrected chi connectivity index (χ2v) is 9.11. The lowest BCUT2D eigenvalue weighted by Gasteiger charge is -2.13. The minimum absolute atomic E-state index is 0.720. The first kappa shape index (κ1) is 27.4. The van der Waals surface area contributed by atoms with Crippen LogP contribution in [-0.2, 0) is 0 Å². The fraction of sp³-hybridized carbons (Fsp3) is 0. The van der Waals surface area contributed by atoms with E-state index in [1.807, 2.05) is 0 Å². The number of benzene rings is 4. The van der Waals surface area contributed by atoms with Crippen LogP contribution in [0.15, 0.2) is 0 Å².